The average Bonchev–Trinajstić information content (AvgIpc) is 2.64. The van der Waals surface area contributed by atoms with E-state index in [9.17, 15) is 9.59 Å². The maximum atomic E-state index is 12.2. The van der Waals surface area contributed by atoms with Crippen LogP contribution in [0.1, 0.15) is 32.1 Å². The number of amides is 1. The van der Waals surface area contributed by atoms with Crippen molar-refractivity contribution in [2.24, 2.45) is 0 Å². The van der Waals surface area contributed by atoms with E-state index < -0.39 is 0 Å². The smallest absolute Gasteiger partial charge is 0.267 e. The van der Waals surface area contributed by atoms with Crippen molar-refractivity contribution in [1.82, 2.24) is 15.1 Å². The molecule has 1 N–H and O–H groups in total. The molecule has 132 valence electrons. The van der Waals surface area contributed by atoms with Crippen LogP contribution in [-0.2, 0) is 11.3 Å². The highest BCUT2D eigenvalue weighted by molar-refractivity contribution is 5.76. The number of nitrogens with zero attached hydrogens (tertiary/aromatic N) is 2. The summed E-state index contributed by atoms with van der Waals surface area (Å²) in [6, 6.07) is 10.8. The van der Waals surface area contributed by atoms with E-state index >= 15 is 0 Å². The molecular formula is C19H23N3O3. The van der Waals surface area contributed by atoms with Gasteiger partial charge in [-0.05, 0) is 43.2 Å². The number of carbonyl (C=O) groups is 1. The molecule has 6 heteroatoms. The highest BCUT2D eigenvalue weighted by atomic mass is 16.5. The first-order chi connectivity index (χ1) is 12.2. The number of carbonyl (C=O) groups excluding carboxylic acids is 1. The maximum Gasteiger partial charge on any atom is 0.267 e. The third-order valence-electron chi connectivity index (χ3n) is 4.52. The Morgan fingerprint density at radius 2 is 1.88 bits per heavy atom. The Morgan fingerprint density at radius 3 is 2.56 bits per heavy atom. The Hall–Kier alpha value is -2.63. The van der Waals surface area contributed by atoms with Crippen molar-refractivity contribution < 1.29 is 9.53 Å². The summed E-state index contributed by atoms with van der Waals surface area (Å²) in [4.78, 5) is 24.3. The highest BCUT2D eigenvalue weighted by Gasteiger charge is 2.16. The summed E-state index contributed by atoms with van der Waals surface area (Å²) in [7, 11) is 1.61. The minimum absolute atomic E-state index is 0.0562. The quantitative estimate of drug-likeness (QED) is 0.906. The molecule has 1 saturated carbocycles. The zero-order chi connectivity index (χ0) is 17.6. The van der Waals surface area contributed by atoms with Crippen LogP contribution in [0.2, 0.25) is 0 Å². The molecule has 1 amide bonds. The highest BCUT2D eigenvalue weighted by Crippen LogP contribution is 2.19. The molecule has 0 unspecified atom stereocenters. The van der Waals surface area contributed by atoms with E-state index in [0.29, 0.717) is 5.69 Å². The van der Waals surface area contributed by atoms with E-state index in [0.717, 1.165) is 37.0 Å². The van der Waals surface area contributed by atoms with Crippen LogP contribution in [0.15, 0.2) is 41.2 Å². The van der Waals surface area contributed by atoms with Crippen molar-refractivity contribution in [2.75, 3.05) is 7.11 Å². The molecule has 0 bridgehead atoms. The van der Waals surface area contributed by atoms with Crippen molar-refractivity contribution >= 4 is 5.91 Å². The lowest BCUT2D eigenvalue weighted by atomic mass is 9.95. The number of hydrogen-bond donors (Lipinski definition) is 1. The predicted octanol–water partition coefficient (Wildman–Crippen LogP) is 2.37. The van der Waals surface area contributed by atoms with Gasteiger partial charge >= 0.3 is 0 Å². The van der Waals surface area contributed by atoms with Gasteiger partial charge < -0.3 is 10.1 Å². The summed E-state index contributed by atoms with van der Waals surface area (Å²) >= 11 is 0. The standard InChI is InChI=1S/C19H23N3O3/c1-25-16-9-7-14(8-10-16)17-11-12-19(24)22(21-17)13-18(23)20-15-5-3-2-4-6-15/h7-12,15H,2-6,13H2,1H3,(H,20,23). The van der Waals surface area contributed by atoms with Crippen LogP contribution in [0.5, 0.6) is 5.75 Å². The maximum absolute atomic E-state index is 12.2. The van der Waals surface area contributed by atoms with Gasteiger partial charge in [0.05, 0.1) is 12.8 Å². The second-order valence-electron chi connectivity index (χ2n) is 6.35. The second-order valence-corrected chi connectivity index (χ2v) is 6.35. The number of ether oxygens (including phenoxy) is 1. The number of rotatable bonds is 5. The molecule has 1 aliphatic carbocycles. The topological polar surface area (TPSA) is 73.2 Å². The van der Waals surface area contributed by atoms with E-state index in [1.807, 2.05) is 24.3 Å². The molecule has 1 aromatic carbocycles. The molecule has 0 spiro atoms. The lowest BCUT2D eigenvalue weighted by Gasteiger charge is -2.22. The van der Waals surface area contributed by atoms with Crippen LogP contribution in [0.3, 0.4) is 0 Å². The van der Waals surface area contributed by atoms with Gasteiger partial charge in [0.2, 0.25) is 5.91 Å². The summed E-state index contributed by atoms with van der Waals surface area (Å²) in [5.41, 5.74) is 1.23. The Bertz CT molecular complexity index is 777. The lowest BCUT2D eigenvalue weighted by molar-refractivity contribution is -0.122. The molecule has 0 saturated heterocycles. The zero-order valence-corrected chi connectivity index (χ0v) is 14.4. The van der Waals surface area contributed by atoms with Crippen molar-refractivity contribution in [1.29, 1.82) is 0 Å². The van der Waals surface area contributed by atoms with Gasteiger partial charge in [-0.1, -0.05) is 19.3 Å². The molecular weight excluding hydrogens is 318 g/mol. The third-order valence-corrected chi connectivity index (χ3v) is 4.52. The molecule has 0 aliphatic heterocycles. The summed E-state index contributed by atoms with van der Waals surface area (Å²) in [6.45, 7) is -0.0562. The minimum Gasteiger partial charge on any atom is -0.497 e. The van der Waals surface area contributed by atoms with E-state index in [2.05, 4.69) is 10.4 Å². The number of benzene rings is 1. The Balaban J connectivity index is 1.72. The molecule has 3 rings (SSSR count). The van der Waals surface area contributed by atoms with Crippen molar-refractivity contribution in [3.8, 4) is 17.0 Å². The monoisotopic (exact) mass is 341 g/mol. The molecule has 0 atom stereocenters. The van der Waals surface area contributed by atoms with Crippen LogP contribution in [0.4, 0.5) is 0 Å². The van der Waals surface area contributed by atoms with Crippen molar-refractivity contribution in [2.45, 2.75) is 44.7 Å². The number of methoxy groups -OCH3 is 1. The second kappa shape index (κ2) is 7.96. The van der Waals surface area contributed by atoms with E-state index in [4.69, 9.17) is 4.74 Å². The molecule has 0 radical (unpaired) electrons. The van der Waals surface area contributed by atoms with Gasteiger partial charge in [-0.25, -0.2) is 4.68 Å². The third kappa shape index (κ3) is 4.47. The van der Waals surface area contributed by atoms with Gasteiger partial charge in [0, 0.05) is 17.7 Å². The fraction of sp³-hybridized carbons (Fsp3) is 0.421. The van der Waals surface area contributed by atoms with Crippen LogP contribution in [0, 0.1) is 0 Å². The number of nitrogens with one attached hydrogen (secondary N) is 1. The normalized spacial score (nSPS) is 14.9. The first-order valence-corrected chi connectivity index (χ1v) is 8.67. The first-order valence-electron chi connectivity index (χ1n) is 8.67. The SMILES string of the molecule is COc1ccc(-c2ccc(=O)n(CC(=O)NC3CCCCC3)n2)cc1. The molecule has 6 nitrogen and oxygen atoms in total. The Morgan fingerprint density at radius 1 is 1.16 bits per heavy atom. The van der Waals surface area contributed by atoms with Crippen molar-refractivity contribution in [3.63, 3.8) is 0 Å². The van der Waals surface area contributed by atoms with Gasteiger partial charge in [-0.2, -0.15) is 5.10 Å². The molecule has 1 aliphatic rings. The van der Waals surface area contributed by atoms with E-state index in [-0.39, 0.29) is 24.1 Å². The van der Waals surface area contributed by atoms with Gasteiger partial charge in [-0.15, -0.1) is 0 Å². The zero-order valence-electron chi connectivity index (χ0n) is 14.4. The lowest BCUT2D eigenvalue weighted by Crippen LogP contribution is -2.40. The van der Waals surface area contributed by atoms with Gasteiger partial charge in [-0.3, -0.25) is 9.59 Å². The summed E-state index contributed by atoms with van der Waals surface area (Å²) < 4.78 is 6.36. The molecule has 1 fully saturated rings. The fourth-order valence-electron chi connectivity index (χ4n) is 3.13. The molecule has 1 heterocycles. The number of hydrogen-bond acceptors (Lipinski definition) is 4. The van der Waals surface area contributed by atoms with Crippen LogP contribution in [0.25, 0.3) is 11.3 Å². The summed E-state index contributed by atoms with van der Waals surface area (Å²) in [6.07, 6.45) is 5.56. The van der Waals surface area contributed by atoms with E-state index in [1.54, 1.807) is 13.2 Å². The first kappa shape index (κ1) is 17.2. The predicted molar refractivity (Wildman–Crippen MR) is 95.5 cm³/mol. The molecule has 2 aromatic rings. The van der Waals surface area contributed by atoms with Gasteiger partial charge in [0.1, 0.15) is 12.3 Å². The fourth-order valence-corrected chi connectivity index (χ4v) is 3.13. The summed E-state index contributed by atoms with van der Waals surface area (Å²) in [5, 5.41) is 7.35. The molecule has 25 heavy (non-hydrogen) atoms. The Labute approximate surface area is 146 Å². The largest absolute Gasteiger partial charge is 0.497 e. The minimum atomic E-state index is -0.281. The van der Waals surface area contributed by atoms with Crippen LogP contribution in [-0.4, -0.2) is 28.8 Å². The van der Waals surface area contributed by atoms with Gasteiger partial charge in [0.25, 0.3) is 5.56 Å². The van der Waals surface area contributed by atoms with Gasteiger partial charge in [0.15, 0.2) is 0 Å². The summed E-state index contributed by atoms with van der Waals surface area (Å²) in [5.74, 6) is 0.595. The van der Waals surface area contributed by atoms with Crippen LogP contribution >= 0.6 is 0 Å². The molecule has 1 aromatic heterocycles. The van der Waals surface area contributed by atoms with Crippen LogP contribution < -0.4 is 15.6 Å². The van der Waals surface area contributed by atoms with Crippen molar-refractivity contribution in [3.05, 3.63) is 46.8 Å². The Kier molecular flexibility index (Phi) is 5.48. The van der Waals surface area contributed by atoms with E-state index in [1.165, 1.54) is 17.2 Å². The number of aromatic nitrogens is 2. The average molecular weight is 341 g/mol.